The van der Waals surface area contributed by atoms with Gasteiger partial charge in [-0.25, -0.2) is 0 Å². The van der Waals surface area contributed by atoms with E-state index in [-0.39, 0.29) is 12.5 Å². The average Bonchev–Trinajstić information content (AvgIpc) is 2.55. The fourth-order valence-corrected chi connectivity index (χ4v) is 2.77. The molecule has 1 saturated heterocycles. The maximum absolute atomic E-state index is 12.2. The number of carboxylic acid groups (broad SMARTS) is 1. The van der Waals surface area contributed by atoms with Gasteiger partial charge in [0.15, 0.2) is 6.61 Å². The Morgan fingerprint density at radius 2 is 1.83 bits per heavy atom. The Kier molecular flexibility index (Phi) is 6.24. The zero-order chi connectivity index (χ0) is 16.8. The van der Waals surface area contributed by atoms with E-state index in [2.05, 4.69) is 0 Å². The molecule has 1 fully saturated rings. The maximum atomic E-state index is 12.2. The molecule has 1 aromatic carbocycles. The highest BCUT2D eigenvalue weighted by atomic mass is 35.5. The largest absolute Gasteiger partial charge is 0.484 e. The summed E-state index contributed by atoms with van der Waals surface area (Å²) in [5, 5.41) is 9.79. The standard InChI is InChI=1S/C16H21ClN2O4/c1-2-14(16(21)22)18-7-9-19(10-8-18)15(20)11-23-13-5-3-12(17)4-6-13/h3-6,14H,2,7-11H2,1H3,(H,21,22). The van der Waals surface area contributed by atoms with E-state index in [9.17, 15) is 14.7 Å². The van der Waals surface area contributed by atoms with Gasteiger partial charge in [0, 0.05) is 31.2 Å². The van der Waals surface area contributed by atoms with E-state index in [4.69, 9.17) is 16.3 Å². The minimum absolute atomic E-state index is 0.0300. The third kappa shape index (κ3) is 4.84. The molecule has 0 radical (unpaired) electrons. The molecule has 1 amide bonds. The fourth-order valence-electron chi connectivity index (χ4n) is 2.64. The van der Waals surface area contributed by atoms with E-state index in [1.165, 1.54) is 0 Å². The summed E-state index contributed by atoms with van der Waals surface area (Å²) in [5.74, 6) is -0.306. The van der Waals surface area contributed by atoms with Crippen molar-refractivity contribution in [1.29, 1.82) is 0 Å². The van der Waals surface area contributed by atoms with Crippen LogP contribution in [0.2, 0.25) is 5.02 Å². The highest BCUT2D eigenvalue weighted by molar-refractivity contribution is 6.30. The lowest BCUT2D eigenvalue weighted by molar-refractivity contribution is -0.145. The highest BCUT2D eigenvalue weighted by Gasteiger charge is 2.28. The molecule has 0 saturated carbocycles. The molecule has 1 aromatic rings. The number of carbonyl (C=O) groups is 2. The van der Waals surface area contributed by atoms with Crippen LogP contribution in [0.3, 0.4) is 0 Å². The second-order valence-electron chi connectivity index (χ2n) is 5.42. The number of hydrogen-bond acceptors (Lipinski definition) is 4. The van der Waals surface area contributed by atoms with Crippen LogP contribution < -0.4 is 4.74 Å². The summed E-state index contributed by atoms with van der Waals surface area (Å²) < 4.78 is 5.45. The zero-order valence-corrected chi connectivity index (χ0v) is 13.8. The number of carbonyl (C=O) groups excluding carboxylic acids is 1. The van der Waals surface area contributed by atoms with Crippen LogP contribution in [-0.2, 0) is 9.59 Å². The molecule has 1 atom stereocenters. The molecular formula is C16H21ClN2O4. The van der Waals surface area contributed by atoms with Gasteiger partial charge in [0.05, 0.1) is 0 Å². The van der Waals surface area contributed by atoms with Gasteiger partial charge in [-0.3, -0.25) is 14.5 Å². The Labute approximate surface area is 140 Å². The van der Waals surface area contributed by atoms with E-state index in [0.717, 1.165) is 0 Å². The molecular weight excluding hydrogens is 320 g/mol. The Balaban J connectivity index is 1.79. The lowest BCUT2D eigenvalue weighted by atomic mass is 10.1. The normalized spacial score (nSPS) is 16.9. The molecule has 1 unspecified atom stereocenters. The monoisotopic (exact) mass is 340 g/mol. The summed E-state index contributed by atoms with van der Waals surface area (Å²) in [6.45, 7) is 4.00. The SMILES string of the molecule is CCC(C(=O)O)N1CCN(C(=O)COc2ccc(Cl)cc2)CC1. The Morgan fingerprint density at radius 3 is 2.35 bits per heavy atom. The number of benzene rings is 1. The number of amides is 1. The van der Waals surface area contributed by atoms with Crippen LogP contribution in [0.1, 0.15) is 13.3 Å². The van der Waals surface area contributed by atoms with Crippen LogP contribution in [0, 0.1) is 0 Å². The topological polar surface area (TPSA) is 70.1 Å². The van der Waals surface area contributed by atoms with Crippen molar-refractivity contribution in [2.75, 3.05) is 32.8 Å². The smallest absolute Gasteiger partial charge is 0.320 e. The summed E-state index contributed by atoms with van der Waals surface area (Å²) in [4.78, 5) is 27.0. The molecule has 1 aliphatic heterocycles. The third-order valence-corrected chi connectivity index (χ3v) is 4.21. The predicted molar refractivity (Wildman–Crippen MR) is 86.8 cm³/mol. The Bertz CT molecular complexity index is 542. The number of rotatable bonds is 6. The van der Waals surface area contributed by atoms with Crippen LogP contribution in [0.4, 0.5) is 0 Å². The predicted octanol–water partition coefficient (Wildman–Crippen LogP) is 1.73. The van der Waals surface area contributed by atoms with Crippen LogP contribution >= 0.6 is 11.6 Å². The van der Waals surface area contributed by atoms with Crippen molar-refractivity contribution < 1.29 is 19.4 Å². The molecule has 0 aromatic heterocycles. The summed E-state index contributed by atoms with van der Waals surface area (Å²) in [6.07, 6.45) is 0.558. The van der Waals surface area contributed by atoms with Crippen molar-refractivity contribution in [3.05, 3.63) is 29.3 Å². The van der Waals surface area contributed by atoms with Gasteiger partial charge < -0.3 is 14.7 Å². The number of ether oxygens (including phenoxy) is 1. The van der Waals surface area contributed by atoms with Crippen molar-refractivity contribution in [3.63, 3.8) is 0 Å². The maximum Gasteiger partial charge on any atom is 0.320 e. The number of halogens is 1. The van der Waals surface area contributed by atoms with Crippen LogP contribution in [0.5, 0.6) is 5.75 Å². The summed E-state index contributed by atoms with van der Waals surface area (Å²) in [5.41, 5.74) is 0. The van der Waals surface area contributed by atoms with Gasteiger partial charge >= 0.3 is 5.97 Å². The quantitative estimate of drug-likeness (QED) is 0.854. The first-order valence-corrected chi connectivity index (χ1v) is 8.02. The molecule has 1 heterocycles. The van der Waals surface area contributed by atoms with Gasteiger partial charge in [0.25, 0.3) is 5.91 Å². The third-order valence-electron chi connectivity index (χ3n) is 3.96. The van der Waals surface area contributed by atoms with Crippen LogP contribution in [0.15, 0.2) is 24.3 Å². The van der Waals surface area contributed by atoms with E-state index in [1.807, 2.05) is 11.8 Å². The lowest BCUT2D eigenvalue weighted by Gasteiger charge is -2.37. The fraction of sp³-hybridized carbons (Fsp3) is 0.500. The van der Waals surface area contributed by atoms with E-state index in [0.29, 0.717) is 43.4 Å². The van der Waals surface area contributed by atoms with E-state index < -0.39 is 12.0 Å². The Hall–Kier alpha value is -1.79. The summed E-state index contributed by atoms with van der Waals surface area (Å²) in [7, 11) is 0. The lowest BCUT2D eigenvalue weighted by Crippen LogP contribution is -2.54. The van der Waals surface area contributed by atoms with Gasteiger partial charge in [-0.05, 0) is 30.7 Å². The molecule has 7 heteroatoms. The molecule has 2 rings (SSSR count). The van der Waals surface area contributed by atoms with Crippen molar-refractivity contribution in [1.82, 2.24) is 9.80 Å². The van der Waals surface area contributed by atoms with Gasteiger partial charge in [-0.2, -0.15) is 0 Å². The molecule has 0 aliphatic carbocycles. The van der Waals surface area contributed by atoms with Crippen molar-refractivity contribution in [3.8, 4) is 5.75 Å². The van der Waals surface area contributed by atoms with Crippen molar-refractivity contribution >= 4 is 23.5 Å². The number of aliphatic carboxylic acids is 1. The van der Waals surface area contributed by atoms with E-state index >= 15 is 0 Å². The minimum atomic E-state index is -0.807. The minimum Gasteiger partial charge on any atom is -0.484 e. The van der Waals surface area contributed by atoms with E-state index in [1.54, 1.807) is 29.2 Å². The van der Waals surface area contributed by atoms with Crippen molar-refractivity contribution in [2.24, 2.45) is 0 Å². The van der Waals surface area contributed by atoms with Gasteiger partial charge in [-0.15, -0.1) is 0 Å². The first-order chi connectivity index (χ1) is 11.0. The first-order valence-electron chi connectivity index (χ1n) is 7.64. The molecule has 1 aliphatic rings. The molecule has 0 bridgehead atoms. The molecule has 23 heavy (non-hydrogen) atoms. The Morgan fingerprint density at radius 1 is 1.22 bits per heavy atom. The van der Waals surface area contributed by atoms with Gasteiger partial charge in [0.1, 0.15) is 11.8 Å². The van der Waals surface area contributed by atoms with Crippen LogP contribution in [0.25, 0.3) is 0 Å². The van der Waals surface area contributed by atoms with Gasteiger partial charge in [0.2, 0.25) is 0 Å². The molecule has 0 spiro atoms. The summed E-state index contributed by atoms with van der Waals surface area (Å²) in [6, 6.07) is 6.37. The number of carboxylic acids is 1. The number of nitrogens with zero attached hydrogens (tertiary/aromatic N) is 2. The molecule has 126 valence electrons. The first kappa shape index (κ1) is 17.6. The van der Waals surface area contributed by atoms with Crippen molar-refractivity contribution in [2.45, 2.75) is 19.4 Å². The molecule has 6 nitrogen and oxygen atoms in total. The average molecular weight is 341 g/mol. The second kappa shape index (κ2) is 8.17. The van der Waals surface area contributed by atoms with Crippen LogP contribution in [-0.4, -0.2) is 65.6 Å². The highest BCUT2D eigenvalue weighted by Crippen LogP contribution is 2.16. The summed E-state index contributed by atoms with van der Waals surface area (Å²) >= 11 is 5.79. The van der Waals surface area contributed by atoms with Gasteiger partial charge in [-0.1, -0.05) is 18.5 Å². The number of piperazine rings is 1. The molecule has 1 N–H and O–H groups in total. The second-order valence-corrected chi connectivity index (χ2v) is 5.86. The zero-order valence-electron chi connectivity index (χ0n) is 13.1. The number of hydrogen-bond donors (Lipinski definition) is 1.